The first-order valence-corrected chi connectivity index (χ1v) is 14.8. The van der Waals surface area contributed by atoms with Crippen molar-refractivity contribution in [2.24, 2.45) is 0 Å². The van der Waals surface area contributed by atoms with Crippen LogP contribution in [0.4, 0.5) is 0 Å². The first-order chi connectivity index (χ1) is 25.1. The number of carboxylic acids is 2. The summed E-state index contributed by atoms with van der Waals surface area (Å²) in [5.41, 5.74) is -11.2. The van der Waals surface area contributed by atoms with Crippen molar-refractivity contribution in [3.63, 3.8) is 0 Å². The van der Waals surface area contributed by atoms with Gasteiger partial charge in [-0.15, -0.1) is 0 Å². The molecule has 0 saturated carbocycles. The third-order valence-electron chi connectivity index (χ3n) is 8.56. The lowest BCUT2D eigenvalue weighted by Crippen LogP contribution is -2.52. The van der Waals surface area contributed by atoms with Gasteiger partial charge in [0.25, 0.3) is 0 Å². The molecule has 0 bridgehead atoms. The van der Waals surface area contributed by atoms with Crippen LogP contribution in [-0.2, 0) is 22.3 Å². The van der Waals surface area contributed by atoms with Gasteiger partial charge in [-0.3, -0.25) is 0 Å². The molecule has 15 N–H and O–H groups in total. The van der Waals surface area contributed by atoms with Crippen LogP contribution < -0.4 is 0 Å². The monoisotopic (exact) mass is 758 g/mol. The molecule has 0 radical (unpaired) electrons. The molecular formula is C33H26O21. The van der Waals surface area contributed by atoms with Gasteiger partial charge in [-0.2, -0.15) is 0 Å². The third-order valence-corrected chi connectivity index (χ3v) is 8.56. The van der Waals surface area contributed by atoms with Crippen LogP contribution in [0.5, 0.6) is 69.0 Å². The molecule has 0 amide bonds. The van der Waals surface area contributed by atoms with Crippen LogP contribution in [0.15, 0.2) is 24.3 Å². The summed E-state index contributed by atoms with van der Waals surface area (Å²) < 4.78 is 10.6. The lowest BCUT2D eigenvalue weighted by Gasteiger charge is -2.37. The van der Waals surface area contributed by atoms with Gasteiger partial charge in [-0.05, 0) is 24.3 Å². The van der Waals surface area contributed by atoms with Gasteiger partial charge in [0.1, 0.15) is 12.2 Å². The van der Waals surface area contributed by atoms with Crippen molar-refractivity contribution >= 4 is 23.9 Å². The molecule has 5 rings (SSSR count). The molecule has 1 heterocycles. The van der Waals surface area contributed by atoms with Gasteiger partial charge in [0, 0.05) is 35.1 Å². The minimum absolute atomic E-state index is 0.415. The third kappa shape index (κ3) is 6.04. The van der Waals surface area contributed by atoms with Gasteiger partial charge >= 0.3 is 23.9 Å². The molecule has 1 aliphatic heterocycles. The number of phenols is 12. The molecule has 1 atom stereocenters. The lowest BCUT2D eigenvalue weighted by molar-refractivity contribution is -0.106. The Morgan fingerprint density at radius 1 is 0.556 bits per heavy atom. The van der Waals surface area contributed by atoms with Crippen molar-refractivity contribution in [3.05, 3.63) is 57.6 Å². The zero-order valence-electron chi connectivity index (χ0n) is 26.7. The maximum atomic E-state index is 13.9. The van der Waals surface area contributed by atoms with E-state index >= 15 is 0 Å². The highest BCUT2D eigenvalue weighted by atomic mass is 16.6. The predicted octanol–water partition coefficient (Wildman–Crippen LogP) is 1.13. The molecule has 54 heavy (non-hydrogen) atoms. The fourth-order valence-corrected chi connectivity index (χ4v) is 5.85. The van der Waals surface area contributed by atoms with Gasteiger partial charge in [0.2, 0.25) is 23.0 Å². The van der Waals surface area contributed by atoms with E-state index in [4.69, 9.17) is 9.47 Å². The fourth-order valence-electron chi connectivity index (χ4n) is 5.85. The van der Waals surface area contributed by atoms with Crippen molar-refractivity contribution in [2.75, 3.05) is 6.61 Å². The van der Waals surface area contributed by atoms with E-state index in [9.17, 15) is 95.8 Å². The molecule has 0 fully saturated rings. The second kappa shape index (κ2) is 13.1. The standard InChI is InChI=1S/C33H26O21/c34-14-1-8(29(46)47)12(21(38)23(14)40)5-33(52,6-13-9(30(48)49)2-15(35)24(41)22(13)39)18-7-53-31(50)10-3-16(36)25(42)27(44)19(10)20-11(32(51)54-18)4-17(37)26(43)28(20)45/h1-4,18,34-45,52H,5-7H2,(H,46,47)(H,48,49). The van der Waals surface area contributed by atoms with Crippen molar-refractivity contribution in [1.82, 2.24) is 0 Å². The Balaban J connectivity index is 1.82. The quantitative estimate of drug-likeness (QED) is 0.0927. The number of esters is 2. The van der Waals surface area contributed by atoms with Crippen molar-refractivity contribution in [2.45, 2.75) is 24.5 Å². The highest BCUT2D eigenvalue weighted by Gasteiger charge is 2.46. The lowest BCUT2D eigenvalue weighted by atomic mass is 9.80. The van der Waals surface area contributed by atoms with Crippen LogP contribution in [0.25, 0.3) is 11.1 Å². The average molecular weight is 759 g/mol. The number of aliphatic hydroxyl groups is 1. The number of hydrogen-bond acceptors (Lipinski definition) is 19. The number of carbonyl (C=O) groups is 4. The Hall–Kier alpha value is -7.68. The Bertz CT molecular complexity index is 2230. The highest BCUT2D eigenvalue weighted by Crippen LogP contribution is 2.53. The normalized spacial score (nSPS) is 14.4. The number of ether oxygens (including phenoxy) is 2. The van der Waals surface area contributed by atoms with Crippen LogP contribution in [0.1, 0.15) is 52.6 Å². The van der Waals surface area contributed by atoms with Crippen LogP contribution in [-0.4, -0.2) is 119 Å². The average Bonchev–Trinajstić information content (AvgIpc) is 3.10. The van der Waals surface area contributed by atoms with Crippen LogP contribution in [0.2, 0.25) is 0 Å². The van der Waals surface area contributed by atoms with Crippen LogP contribution >= 0.6 is 0 Å². The molecule has 4 aromatic rings. The molecule has 0 aliphatic carbocycles. The molecule has 0 saturated heterocycles. The Kier molecular flexibility index (Phi) is 9.14. The number of carbonyl (C=O) groups excluding carboxylic acids is 2. The fraction of sp³-hybridized carbons (Fsp3) is 0.152. The Morgan fingerprint density at radius 3 is 1.30 bits per heavy atom. The van der Waals surface area contributed by atoms with Crippen LogP contribution in [0, 0.1) is 0 Å². The van der Waals surface area contributed by atoms with Crippen LogP contribution in [0.3, 0.4) is 0 Å². The largest absolute Gasteiger partial charge is 0.504 e. The molecule has 0 spiro atoms. The number of phenolic OH excluding ortho intramolecular Hbond substituents is 12. The van der Waals surface area contributed by atoms with E-state index in [1.807, 2.05) is 0 Å². The smallest absolute Gasteiger partial charge is 0.339 e. The summed E-state index contributed by atoms with van der Waals surface area (Å²) in [4.78, 5) is 51.9. The molecule has 1 unspecified atom stereocenters. The molecular weight excluding hydrogens is 732 g/mol. The minimum Gasteiger partial charge on any atom is -0.504 e. The molecule has 284 valence electrons. The maximum Gasteiger partial charge on any atom is 0.339 e. The zero-order chi connectivity index (χ0) is 40.3. The molecule has 0 aromatic heterocycles. The van der Waals surface area contributed by atoms with E-state index in [0.29, 0.717) is 24.3 Å². The number of aromatic carboxylic acids is 2. The first kappa shape index (κ1) is 37.6. The number of carboxylic acid groups (broad SMARTS) is 2. The second-order valence-corrected chi connectivity index (χ2v) is 11.8. The van der Waals surface area contributed by atoms with Crippen molar-refractivity contribution < 1.29 is 105 Å². The van der Waals surface area contributed by atoms with Gasteiger partial charge in [0.15, 0.2) is 52.1 Å². The van der Waals surface area contributed by atoms with Gasteiger partial charge < -0.3 is 86.1 Å². The number of rotatable bonds is 7. The second-order valence-electron chi connectivity index (χ2n) is 11.8. The maximum absolute atomic E-state index is 13.9. The topological polar surface area (TPSA) is 390 Å². The van der Waals surface area contributed by atoms with Crippen molar-refractivity contribution in [1.29, 1.82) is 0 Å². The van der Waals surface area contributed by atoms with E-state index in [1.165, 1.54) is 0 Å². The first-order valence-electron chi connectivity index (χ1n) is 14.8. The van der Waals surface area contributed by atoms with Gasteiger partial charge in [-0.1, -0.05) is 0 Å². The molecule has 4 aromatic carbocycles. The SMILES string of the molecule is O=C(O)c1cc(O)c(O)c(O)c1CC(O)(Cc1c(C(=O)O)cc(O)c(O)c1O)C1COC(=O)c2cc(O)c(O)c(O)c2-c2c(cc(O)c(O)c2O)C(=O)O1. The molecule has 1 aliphatic rings. The van der Waals surface area contributed by atoms with Gasteiger partial charge in [-0.25, -0.2) is 19.2 Å². The van der Waals surface area contributed by atoms with E-state index in [2.05, 4.69) is 0 Å². The predicted molar refractivity (Wildman–Crippen MR) is 171 cm³/mol. The number of cyclic esters (lactones) is 2. The summed E-state index contributed by atoms with van der Waals surface area (Å²) in [6, 6.07) is 1.72. The van der Waals surface area contributed by atoms with E-state index < -0.39 is 169 Å². The highest BCUT2D eigenvalue weighted by molar-refractivity contribution is 6.08. The van der Waals surface area contributed by atoms with E-state index in [1.54, 1.807) is 0 Å². The van der Waals surface area contributed by atoms with E-state index in [-0.39, 0.29) is 0 Å². The Labute approximate surface area is 298 Å². The summed E-state index contributed by atoms with van der Waals surface area (Å²) in [7, 11) is 0. The number of fused-ring (bicyclic) bond motifs is 3. The number of benzene rings is 4. The van der Waals surface area contributed by atoms with Crippen molar-refractivity contribution in [3.8, 4) is 80.1 Å². The summed E-state index contributed by atoms with van der Waals surface area (Å²) in [5, 5.41) is 157. The summed E-state index contributed by atoms with van der Waals surface area (Å²) >= 11 is 0. The Morgan fingerprint density at radius 2 is 0.907 bits per heavy atom. The zero-order valence-corrected chi connectivity index (χ0v) is 26.7. The van der Waals surface area contributed by atoms with E-state index in [0.717, 1.165) is 0 Å². The summed E-state index contributed by atoms with van der Waals surface area (Å²) in [6.07, 6.45) is -5.26. The molecule has 21 heteroatoms. The number of hydrogen-bond donors (Lipinski definition) is 15. The van der Waals surface area contributed by atoms with Gasteiger partial charge in [0.05, 0.1) is 22.3 Å². The number of aromatic hydroxyl groups is 12. The molecule has 21 nitrogen and oxygen atoms in total. The summed E-state index contributed by atoms with van der Waals surface area (Å²) in [5.74, 6) is -22.9. The minimum atomic E-state index is -3.20. The summed E-state index contributed by atoms with van der Waals surface area (Å²) in [6.45, 7) is -1.38.